The summed E-state index contributed by atoms with van der Waals surface area (Å²) in [5.41, 5.74) is 1.31. The second-order valence-corrected chi connectivity index (χ2v) is 9.13. The van der Waals surface area contributed by atoms with E-state index in [1.54, 1.807) is 72.8 Å². The van der Waals surface area contributed by atoms with E-state index in [-0.39, 0.29) is 0 Å². The maximum Gasteiger partial charge on any atom is 0.340 e. The molecule has 0 aromatic heterocycles. The predicted molar refractivity (Wildman–Crippen MR) is 130 cm³/mol. The minimum absolute atomic E-state index is 0.426. The first-order chi connectivity index (χ1) is 15.8. The average molecular weight is 487 g/mol. The highest BCUT2D eigenvalue weighted by molar-refractivity contribution is 7.90. The number of nitrogens with one attached hydrogen (secondary N) is 1. The zero-order chi connectivity index (χ0) is 24.0. The Labute approximate surface area is 198 Å². The summed E-state index contributed by atoms with van der Waals surface area (Å²) in [4.78, 5) is 14.5. The number of hydrogen-bond acceptors (Lipinski definition) is 5. The number of hydrogen-bond donors (Lipinski definition) is 1. The Morgan fingerprint density at radius 1 is 0.909 bits per heavy atom. The molecule has 0 saturated heterocycles. The molecule has 0 heterocycles. The van der Waals surface area contributed by atoms with E-state index >= 15 is 0 Å². The monoisotopic (exact) mass is 486 g/mol. The molecule has 0 aliphatic rings. The van der Waals surface area contributed by atoms with Gasteiger partial charge in [-0.1, -0.05) is 29.8 Å². The predicted octanol–water partition coefficient (Wildman–Crippen LogP) is 5.46. The van der Waals surface area contributed by atoms with Gasteiger partial charge in [-0.05, 0) is 66.2 Å². The van der Waals surface area contributed by atoms with Crippen molar-refractivity contribution in [2.45, 2.75) is 5.25 Å². The molecule has 3 rings (SSSR count). The zero-order valence-corrected chi connectivity index (χ0v) is 19.6. The molecule has 0 fully saturated rings. The first-order valence-electron chi connectivity index (χ1n) is 9.81. The maximum atomic E-state index is 13.3. The number of nitrogens with zero attached hydrogens (tertiary/aromatic N) is 1. The molecule has 1 atom stereocenters. The van der Waals surface area contributed by atoms with Crippen LogP contribution in [0.2, 0.25) is 5.02 Å². The Balaban J connectivity index is 1.97. The molecule has 33 heavy (non-hydrogen) atoms. The molecule has 1 unspecified atom stereocenters. The van der Waals surface area contributed by atoms with Crippen LogP contribution in [0.3, 0.4) is 0 Å². The van der Waals surface area contributed by atoms with Crippen LogP contribution in [0.1, 0.15) is 10.8 Å². The lowest BCUT2D eigenvalue weighted by molar-refractivity contribution is 0.253. The van der Waals surface area contributed by atoms with Crippen LogP contribution in [0.4, 0.5) is 16.2 Å². The Bertz CT molecular complexity index is 1160. The maximum absolute atomic E-state index is 13.3. The van der Waals surface area contributed by atoms with Crippen LogP contribution >= 0.6 is 11.6 Å². The molecule has 0 radical (unpaired) electrons. The van der Waals surface area contributed by atoms with Crippen molar-refractivity contribution in [3.05, 3.63) is 96.0 Å². The lowest BCUT2D eigenvalue weighted by Crippen LogP contribution is -2.42. The molecule has 2 amide bonds. The standard InChI is InChI=1S/C24H23ClN2O5S/c1-4-23(17-5-7-18(25)8-6-17)33(29,30)26-24(28)27(19-9-13-21(31-2)14-10-19)20-11-15-22(32-3)16-12-20/h4-16,23H,1H2,2-3H3,(H,26,28). The Morgan fingerprint density at radius 2 is 1.36 bits per heavy atom. The smallest absolute Gasteiger partial charge is 0.340 e. The highest BCUT2D eigenvalue weighted by Gasteiger charge is 2.29. The summed E-state index contributed by atoms with van der Waals surface area (Å²) < 4.78 is 38.8. The summed E-state index contributed by atoms with van der Waals surface area (Å²) in [5.74, 6) is 1.19. The molecule has 1 N–H and O–H groups in total. The summed E-state index contributed by atoms with van der Waals surface area (Å²) in [6.45, 7) is 3.63. The molecular formula is C24H23ClN2O5S. The zero-order valence-electron chi connectivity index (χ0n) is 18.1. The number of ether oxygens (including phenoxy) is 2. The van der Waals surface area contributed by atoms with Crippen LogP contribution in [0.25, 0.3) is 0 Å². The van der Waals surface area contributed by atoms with Gasteiger partial charge in [0.1, 0.15) is 16.7 Å². The van der Waals surface area contributed by atoms with Gasteiger partial charge in [0.15, 0.2) is 0 Å². The third kappa shape index (κ3) is 5.66. The number of anilines is 2. The second-order valence-electron chi connectivity index (χ2n) is 6.89. The molecule has 172 valence electrons. The van der Waals surface area contributed by atoms with E-state index in [1.807, 2.05) is 0 Å². The van der Waals surface area contributed by atoms with Crippen molar-refractivity contribution in [2.24, 2.45) is 0 Å². The van der Waals surface area contributed by atoms with Crippen LogP contribution in [0.15, 0.2) is 85.5 Å². The molecule has 0 aliphatic heterocycles. The van der Waals surface area contributed by atoms with Crippen molar-refractivity contribution in [3.63, 3.8) is 0 Å². The van der Waals surface area contributed by atoms with E-state index in [2.05, 4.69) is 11.3 Å². The van der Waals surface area contributed by atoms with E-state index in [4.69, 9.17) is 21.1 Å². The first kappa shape index (κ1) is 24.2. The molecule has 0 aliphatic carbocycles. The summed E-state index contributed by atoms with van der Waals surface area (Å²) in [6, 6.07) is 18.7. The number of rotatable bonds is 8. The van der Waals surface area contributed by atoms with Crippen molar-refractivity contribution >= 4 is 39.0 Å². The fourth-order valence-corrected chi connectivity index (χ4v) is 4.53. The molecule has 7 nitrogen and oxygen atoms in total. The number of methoxy groups -OCH3 is 2. The molecule has 0 bridgehead atoms. The van der Waals surface area contributed by atoms with Gasteiger partial charge in [0, 0.05) is 5.02 Å². The van der Waals surface area contributed by atoms with Crippen molar-refractivity contribution in [3.8, 4) is 11.5 Å². The summed E-state index contributed by atoms with van der Waals surface area (Å²) >= 11 is 5.91. The summed E-state index contributed by atoms with van der Waals surface area (Å²) in [7, 11) is -1.12. The average Bonchev–Trinajstić information content (AvgIpc) is 2.81. The van der Waals surface area contributed by atoms with Gasteiger partial charge in [-0.3, -0.25) is 4.90 Å². The topological polar surface area (TPSA) is 84.9 Å². The normalized spacial score (nSPS) is 11.8. The van der Waals surface area contributed by atoms with Crippen LogP contribution < -0.4 is 19.1 Å². The van der Waals surface area contributed by atoms with Gasteiger partial charge in [0.25, 0.3) is 0 Å². The van der Waals surface area contributed by atoms with E-state index in [0.29, 0.717) is 33.5 Å². The molecular weight excluding hydrogens is 464 g/mol. The van der Waals surface area contributed by atoms with Gasteiger partial charge in [-0.25, -0.2) is 17.9 Å². The first-order valence-corrected chi connectivity index (χ1v) is 11.7. The molecule has 9 heteroatoms. The van der Waals surface area contributed by atoms with Gasteiger partial charge < -0.3 is 9.47 Å². The lowest BCUT2D eigenvalue weighted by atomic mass is 10.1. The summed E-state index contributed by atoms with van der Waals surface area (Å²) in [6.07, 6.45) is 1.25. The van der Waals surface area contributed by atoms with Crippen LogP contribution in [0, 0.1) is 0 Å². The fourth-order valence-electron chi connectivity index (χ4n) is 3.17. The van der Waals surface area contributed by atoms with Gasteiger partial charge in [0.05, 0.1) is 25.6 Å². The Morgan fingerprint density at radius 3 is 1.76 bits per heavy atom. The minimum atomic E-state index is -4.18. The largest absolute Gasteiger partial charge is 0.497 e. The minimum Gasteiger partial charge on any atom is -0.497 e. The van der Waals surface area contributed by atoms with Gasteiger partial charge in [0.2, 0.25) is 10.0 Å². The number of amides is 2. The van der Waals surface area contributed by atoms with E-state index in [1.165, 1.54) is 25.2 Å². The van der Waals surface area contributed by atoms with Crippen molar-refractivity contribution < 1.29 is 22.7 Å². The van der Waals surface area contributed by atoms with E-state index in [9.17, 15) is 13.2 Å². The third-order valence-electron chi connectivity index (χ3n) is 4.84. The molecule has 3 aromatic rings. The number of carbonyl (C=O) groups is 1. The highest BCUT2D eigenvalue weighted by atomic mass is 35.5. The quantitative estimate of drug-likeness (QED) is 0.427. The van der Waals surface area contributed by atoms with Crippen molar-refractivity contribution in [2.75, 3.05) is 19.1 Å². The van der Waals surface area contributed by atoms with Gasteiger partial charge >= 0.3 is 6.03 Å². The Hall–Kier alpha value is -3.49. The number of halogens is 1. The van der Waals surface area contributed by atoms with Gasteiger partial charge in [-0.15, -0.1) is 6.58 Å². The lowest BCUT2D eigenvalue weighted by Gasteiger charge is -2.25. The molecule has 0 saturated carbocycles. The number of urea groups is 1. The summed E-state index contributed by atoms with van der Waals surface area (Å²) in [5, 5.41) is -0.694. The third-order valence-corrected chi connectivity index (χ3v) is 6.69. The van der Waals surface area contributed by atoms with Crippen molar-refractivity contribution in [1.29, 1.82) is 0 Å². The van der Waals surface area contributed by atoms with Crippen molar-refractivity contribution in [1.82, 2.24) is 4.72 Å². The highest BCUT2D eigenvalue weighted by Crippen LogP contribution is 2.30. The van der Waals surface area contributed by atoms with Crippen LogP contribution in [-0.4, -0.2) is 28.7 Å². The van der Waals surface area contributed by atoms with Crippen LogP contribution in [-0.2, 0) is 10.0 Å². The number of carbonyl (C=O) groups excluding carboxylic acids is 1. The number of sulfonamides is 1. The fraction of sp³-hybridized carbons (Fsp3) is 0.125. The van der Waals surface area contributed by atoms with E-state index in [0.717, 1.165) is 0 Å². The SMILES string of the molecule is C=CC(c1ccc(Cl)cc1)S(=O)(=O)NC(=O)N(c1ccc(OC)cc1)c1ccc(OC)cc1. The van der Waals surface area contributed by atoms with E-state index < -0.39 is 21.3 Å². The van der Waals surface area contributed by atoms with Gasteiger partial charge in [-0.2, -0.15) is 0 Å². The molecule has 0 spiro atoms. The second kappa shape index (κ2) is 10.4. The Kier molecular flexibility index (Phi) is 7.63. The molecule has 3 aromatic carbocycles. The number of benzene rings is 3. The van der Waals surface area contributed by atoms with Crippen LogP contribution in [0.5, 0.6) is 11.5 Å².